The maximum Gasteiger partial charge on any atom is 0.245 e. The van der Waals surface area contributed by atoms with Crippen LogP contribution in [-0.2, 0) is 14.8 Å². The molecule has 0 aromatic heterocycles. The van der Waals surface area contributed by atoms with Crippen molar-refractivity contribution in [3.8, 4) is 28.7 Å². The molecule has 3 aromatic carbocycles. The second kappa shape index (κ2) is 9.70. The summed E-state index contributed by atoms with van der Waals surface area (Å²) in [7, 11) is -2.28. The van der Waals surface area contributed by atoms with Crippen LogP contribution < -0.4 is 28.6 Å². The van der Waals surface area contributed by atoms with Crippen molar-refractivity contribution in [2.45, 2.75) is 0 Å². The molecule has 1 N–H and O–H groups in total. The van der Waals surface area contributed by atoms with Crippen LogP contribution in [0.3, 0.4) is 0 Å². The fourth-order valence-electron chi connectivity index (χ4n) is 3.27. The van der Waals surface area contributed by atoms with E-state index in [0.29, 0.717) is 33.8 Å². The predicted octanol–water partition coefficient (Wildman–Crippen LogP) is 4.27. The van der Waals surface area contributed by atoms with E-state index in [2.05, 4.69) is 5.32 Å². The third-order valence-corrected chi connectivity index (χ3v) is 6.21. The van der Waals surface area contributed by atoms with Crippen molar-refractivity contribution in [1.29, 1.82) is 0 Å². The number of anilines is 2. The SMILES string of the molecule is COc1ccccc1Oc1ccc(Cl)cc1NC(=O)CN(c1ccc2c(c1)OCO2)S(C)(=O)=O. The number of hydrogen-bond acceptors (Lipinski definition) is 7. The molecular weight excluding hydrogens is 484 g/mol. The fraction of sp³-hybridized carbons (Fsp3) is 0.174. The van der Waals surface area contributed by atoms with Crippen molar-refractivity contribution in [2.75, 3.05) is 36.3 Å². The van der Waals surface area contributed by atoms with Crippen molar-refractivity contribution in [3.63, 3.8) is 0 Å². The van der Waals surface area contributed by atoms with E-state index < -0.39 is 22.5 Å². The van der Waals surface area contributed by atoms with Gasteiger partial charge < -0.3 is 24.3 Å². The molecule has 0 aliphatic carbocycles. The number of nitrogens with one attached hydrogen (secondary N) is 1. The number of carbonyl (C=O) groups is 1. The molecule has 0 unspecified atom stereocenters. The molecule has 1 heterocycles. The van der Waals surface area contributed by atoms with Gasteiger partial charge in [0.1, 0.15) is 6.54 Å². The second-order valence-corrected chi connectivity index (χ2v) is 9.59. The highest BCUT2D eigenvalue weighted by atomic mass is 35.5. The van der Waals surface area contributed by atoms with Crippen LogP contribution in [0.4, 0.5) is 11.4 Å². The summed E-state index contributed by atoms with van der Waals surface area (Å²) in [5.74, 6) is 1.53. The zero-order valence-electron chi connectivity index (χ0n) is 18.3. The van der Waals surface area contributed by atoms with Crippen LogP contribution in [0.15, 0.2) is 60.7 Å². The summed E-state index contributed by atoms with van der Waals surface area (Å²) >= 11 is 6.13. The normalized spacial score (nSPS) is 12.2. The first-order valence-corrected chi connectivity index (χ1v) is 12.2. The molecule has 178 valence electrons. The molecule has 0 saturated heterocycles. The lowest BCUT2D eigenvalue weighted by Gasteiger charge is -2.22. The molecule has 1 aliphatic heterocycles. The Bertz CT molecular complexity index is 1330. The summed E-state index contributed by atoms with van der Waals surface area (Å²) in [4.78, 5) is 12.9. The summed E-state index contributed by atoms with van der Waals surface area (Å²) in [5.41, 5.74) is 0.529. The first-order valence-electron chi connectivity index (χ1n) is 10.0. The van der Waals surface area contributed by atoms with Gasteiger partial charge in [-0.05, 0) is 42.5 Å². The highest BCUT2D eigenvalue weighted by molar-refractivity contribution is 7.92. The van der Waals surface area contributed by atoms with Crippen molar-refractivity contribution in [3.05, 3.63) is 65.7 Å². The zero-order chi connectivity index (χ0) is 24.3. The quantitative estimate of drug-likeness (QED) is 0.488. The molecule has 9 nitrogen and oxygen atoms in total. The number of halogens is 1. The molecule has 34 heavy (non-hydrogen) atoms. The lowest BCUT2D eigenvalue weighted by atomic mass is 10.2. The van der Waals surface area contributed by atoms with E-state index in [1.807, 2.05) is 0 Å². The number of fused-ring (bicyclic) bond motifs is 1. The molecule has 0 spiro atoms. The van der Waals surface area contributed by atoms with Gasteiger partial charge in [0.2, 0.25) is 22.7 Å². The van der Waals surface area contributed by atoms with Crippen LogP contribution in [0, 0.1) is 0 Å². The Morgan fingerprint density at radius 3 is 2.50 bits per heavy atom. The zero-order valence-corrected chi connectivity index (χ0v) is 19.9. The minimum Gasteiger partial charge on any atom is -0.493 e. The largest absolute Gasteiger partial charge is 0.493 e. The maximum absolute atomic E-state index is 12.9. The monoisotopic (exact) mass is 504 g/mol. The molecule has 1 aliphatic rings. The molecule has 0 saturated carbocycles. The number of hydrogen-bond donors (Lipinski definition) is 1. The van der Waals surface area contributed by atoms with Gasteiger partial charge in [-0.2, -0.15) is 0 Å². The third-order valence-electron chi connectivity index (χ3n) is 4.84. The van der Waals surface area contributed by atoms with Gasteiger partial charge in [-0.15, -0.1) is 0 Å². The van der Waals surface area contributed by atoms with Crippen molar-refractivity contribution >= 4 is 38.9 Å². The van der Waals surface area contributed by atoms with Crippen molar-refractivity contribution in [2.24, 2.45) is 0 Å². The Kier molecular flexibility index (Phi) is 6.71. The molecular formula is C23H21ClN2O7S. The van der Waals surface area contributed by atoms with Gasteiger partial charge in [0, 0.05) is 11.1 Å². The number of ether oxygens (including phenoxy) is 4. The van der Waals surface area contributed by atoms with Crippen LogP contribution in [0.1, 0.15) is 0 Å². The van der Waals surface area contributed by atoms with E-state index in [1.165, 1.54) is 25.3 Å². The Hall–Kier alpha value is -3.63. The Morgan fingerprint density at radius 1 is 1.03 bits per heavy atom. The average Bonchev–Trinajstić information content (AvgIpc) is 3.27. The van der Waals surface area contributed by atoms with Gasteiger partial charge in [0.15, 0.2) is 28.7 Å². The van der Waals surface area contributed by atoms with E-state index in [-0.39, 0.29) is 18.2 Å². The molecule has 3 aromatic rings. The number of nitrogens with zero attached hydrogens (tertiary/aromatic N) is 1. The van der Waals surface area contributed by atoms with Crippen LogP contribution in [0.2, 0.25) is 5.02 Å². The summed E-state index contributed by atoms with van der Waals surface area (Å²) in [6.07, 6.45) is 1.01. The number of para-hydroxylation sites is 2. The maximum atomic E-state index is 12.9. The highest BCUT2D eigenvalue weighted by Crippen LogP contribution is 2.37. The summed E-state index contributed by atoms with van der Waals surface area (Å²) in [6.45, 7) is -0.443. The van der Waals surface area contributed by atoms with Crippen molar-refractivity contribution < 1.29 is 32.2 Å². The molecule has 0 fully saturated rings. The number of amides is 1. The average molecular weight is 505 g/mol. The summed E-state index contributed by atoms with van der Waals surface area (Å²) in [6, 6.07) is 16.4. The Labute approximate surface area is 201 Å². The molecule has 11 heteroatoms. The van der Waals surface area contributed by atoms with E-state index in [4.69, 9.17) is 30.5 Å². The topological polar surface area (TPSA) is 103 Å². The first kappa shape index (κ1) is 23.5. The lowest BCUT2D eigenvalue weighted by Crippen LogP contribution is -2.37. The number of carbonyl (C=O) groups excluding carboxylic acids is 1. The van der Waals surface area contributed by atoms with Gasteiger partial charge in [0.05, 0.1) is 24.7 Å². The van der Waals surface area contributed by atoms with Gasteiger partial charge in [0.25, 0.3) is 0 Å². The number of rotatable bonds is 8. The fourth-order valence-corrected chi connectivity index (χ4v) is 4.29. The van der Waals surface area contributed by atoms with Crippen LogP contribution in [0.25, 0.3) is 0 Å². The van der Waals surface area contributed by atoms with Crippen molar-refractivity contribution in [1.82, 2.24) is 0 Å². The molecule has 4 rings (SSSR count). The van der Waals surface area contributed by atoms with Gasteiger partial charge in [-0.1, -0.05) is 23.7 Å². The Balaban J connectivity index is 1.57. The molecule has 0 radical (unpaired) electrons. The molecule has 0 atom stereocenters. The number of methoxy groups -OCH3 is 1. The van der Waals surface area contributed by atoms with Gasteiger partial charge in [-0.3, -0.25) is 9.10 Å². The minimum atomic E-state index is -3.80. The predicted molar refractivity (Wildman–Crippen MR) is 128 cm³/mol. The molecule has 0 bridgehead atoms. The van der Waals surface area contributed by atoms with E-state index in [9.17, 15) is 13.2 Å². The van der Waals surface area contributed by atoms with Crippen LogP contribution in [-0.4, -0.2) is 41.0 Å². The third kappa shape index (κ3) is 5.29. The highest BCUT2D eigenvalue weighted by Gasteiger charge is 2.24. The number of sulfonamides is 1. The number of benzene rings is 3. The smallest absolute Gasteiger partial charge is 0.245 e. The molecule has 1 amide bonds. The van der Waals surface area contributed by atoms with Gasteiger partial charge >= 0.3 is 0 Å². The van der Waals surface area contributed by atoms with E-state index >= 15 is 0 Å². The first-order chi connectivity index (χ1) is 16.2. The van der Waals surface area contributed by atoms with E-state index in [0.717, 1.165) is 10.6 Å². The second-order valence-electron chi connectivity index (χ2n) is 7.25. The summed E-state index contributed by atoms with van der Waals surface area (Å²) in [5, 5.41) is 3.04. The Morgan fingerprint density at radius 2 is 1.76 bits per heavy atom. The minimum absolute atomic E-state index is 0.0435. The van der Waals surface area contributed by atoms with Crippen LogP contribution >= 0.6 is 11.6 Å². The summed E-state index contributed by atoms with van der Waals surface area (Å²) < 4.78 is 47.7. The van der Waals surface area contributed by atoms with E-state index in [1.54, 1.807) is 42.5 Å². The van der Waals surface area contributed by atoms with Gasteiger partial charge in [-0.25, -0.2) is 8.42 Å². The lowest BCUT2D eigenvalue weighted by molar-refractivity contribution is -0.114. The van der Waals surface area contributed by atoms with Crippen LogP contribution in [0.5, 0.6) is 28.7 Å². The standard InChI is InChI=1S/C23H21ClN2O7S/c1-30-19-5-3-4-6-21(19)33-18-9-7-15(24)11-17(18)25-23(27)13-26(34(2,28)29)16-8-10-20-22(12-16)32-14-31-20/h3-12H,13-14H2,1-2H3,(H,25,27).